The van der Waals surface area contributed by atoms with Gasteiger partial charge in [0, 0.05) is 12.1 Å². The van der Waals surface area contributed by atoms with Crippen LogP contribution < -0.4 is 0 Å². The normalized spacial score (nSPS) is 13.0. The van der Waals surface area contributed by atoms with E-state index in [-0.39, 0.29) is 25.0 Å². The molecule has 0 aliphatic rings. The Labute approximate surface area is 126 Å². The van der Waals surface area contributed by atoms with Crippen molar-refractivity contribution < 1.29 is 22.7 Å². The van der Waals surface area contributed by atoms with Crippen LogP contribution in [0.2, 0.25) is 5.02 Å². The fraction of sp³-hybridized carbons (Fsp3) is 0.500. The molecule has 0 N–H and O–H groups in total. The molecule has 1 atom stereocenters. The summed E-state index contributed by atoms with van der Waals surface area (Å²) in [5.41, 5.74) is 0.895. The molecule has 0 saturated heterocycles. The summed E-state index contributed by atoms with van der Waals surface area (Å²) in [6.07, 6.45) is -4.46. The number of carbonyl (C=O) groups is 1. The van der Waals surface area contributed by atoms with Crippen LogP contribution in [0.4, 0.5) is 13.2 Å². The summed E-state index contributed by atoms with van der Waals surface area (Å²) in [5, 5.41) is 0.598. The van der Waals surface area contributed by atoms with E-state index in [1.54, 1.807) is 31.3 Å². The molecule has 7 heteroatoms. The molecule has 1 aromatic rings. The van der Waals surface area contributed by atoms with Gasteiger partial charge in [-0.2, -0.15) is 13.2 Å². The Kier molecular flexibility index (Phi) is 6.48. The molecule has 0 saturated carbocycles. The van der Waals surface area contributed by atoms with E-state index in [9.17, 15) is 18.0 Å². The van der Waals surface area contributed by atoms with Gasteiger partial charge in [0.25, 0.3) is 0 Å². The summed E-state index contributed by atoms with van der Waals surface area (Å²) in [4.78, 5) is 13.4. The van der Waals surface area contributed by atoms with E-state index in [2.05, 4.69) is 4.74 Å². The zero-order valence-electron chi connectivity index (χ0n) is 11.8. The average molecular weight is 324 g/mol. The molecule has 1 amide bonds. The van der Waals surface area contributed by atoms with Crippen LogP contribution in [0, 0.1) is 0 Å². The van der Waals surface area contributed by atoms with Crippen LogP contribution in [0.3, 0.4) is 0 Å². The first-order valence-corrected chi connectivity index (χ1v) is 6.74. The molecule has 0 spiro atoms. The smallest absolute Gasteiger partial charge is 0.372 e. The maximum absolute atomic E-state index is 11.9. The maximum atomic E-state index is 11.9. The van der Waals surface area contributed by atoms with Crippen LogP contribution >= 0.6 is 11.6 Å². The van der Waals surface area contributed by atoms with E-state index in [0.29, 0.717) is 5.02 Å². The highest BCUT2D eigenvalue weighted by atomic mass is 35.5. The first kappa shape index (κ1) is 17.8. The van der Waals surface area contributed by atoms with Gasteiger partial charge >= 0.3 is 6.18 Å². The van der Waals surface area contributed by atoms with Crippen molar-refractivity contribution in [3.8, 4) is 0 Å². The molecule has 0 aliphatic heterocycles. The van der Waals surface area contributed by atoms with Gasteiger partial charge < -0.3 is 9.64 Å². The Morgan fingerprint density at radius 2 is 1.90 bits per heavy atom. The number of benzene rings is 1. The van der Waals surface area contributed by atoms with Crippen molar-refractivity contribution in [3.63, 3.8) is 0 Å². The molecule has 1 aromatic carbocycles. The minimum absolute atomic E-state index is 0.0927. The third kappa shape index (κ3) is 6.35. The highest BCUT2D eigenvalue weighted by molar-refractivity contribution is 6.30. The van der Waals surface area contributed by atoms with E-state index >= 15 is 0 Å². The number of nitrogens with zero attached hydrogens (tertiary/aromatic N) is 1. The minimum Gasteiger partial charge on any atom is -0.372 e. The molecule has 0 radical (unpaired) electrons. The number of rotatable bonds is 6. The molecule has 0 aliphatic carbocycles. The number of hydrogen-bond donors (Lipinski definition) is 0. The largest absolute Gasteiger partial charge is 0.411 e. The molecular formula is C14H17ClF3NO2. The summed E-state index contributed by atoms with van der Waals surface area (Å²) < 4.78 is 40.1. The second-order valence-corrected chi connectivity index (χ2v) is 5.09. The Bertz CT molecular complexity index is 462. The van der Waals surface area contributed by atoms with Gasteiger partial charge in [-0.1, -0.05) is 23.7 Å². The first-order chi connectivity index (χ1) is 9.70. The summed E-state index contributed by atoms with van der Waals surface area (Å²) in [5.74, 6) is -0.278. The van der Waals surface area contributed by atoms with Crippen LogP contribution in [0.5, 0.6) is 0 Å². The second kappa shape index (κ2) is 7.66. The quantitative estimate of drug-likeness (QED) is 0.745. The number of amides is 1. The van der Waals surface area contributed by atoms with Gasteiger partial charge in [-0.15, -0.1) is 0 Å². The van der Waals surface area contributed by atoms with Gasteiger partial charge in [0.1, 0.15) is 6.61 Å². The van der Waals surface area contributed by atoms with Crippen LogP contribution in [0.15, 0.2) is 24.3 Å². The van der Waals surface area contributed by atoms with Crippen molar-refractivity contribution in [1.82, 2.24) is 4.90 Å². The summed E-state index contributed by atoms with van der Waals surface area (Å²) in [7, 11) is 1.60. The Morgan fingerprint density at radius 1 is 1.33 bits per heavy atom. The van der Waals surface area contributed by atoms with Crippen molar-refractivity contribution in [2.45, 2.75) is 25.6 Å². The van der Waals surface area contributed by atoms with Crippen LogP contribution in [0.1, 0.15) is 24.9 Å². The standard InChI is InChI=1S/C14H17ClF3NO2/c1-10(11-3-5-12(15)6-4-11)19(2)13(20)7-8-21-9-14(16,17)18/h3-6,10H,7-9H2,1-2H3. The predicted octanol–water partition coefficient (Wildman–Crippen LogP) is 3.83. The monoisotopic (exact) mass is 323 g/mol. The predicted molar refractivity (Wildman–Crippen MR) is 74.1 cm³/mol. The lowest BCUT2D eigenvalue weighted by molar-refractivity contribution is -0.175. The molecule has 0 fully saturated rings. The summed E-state index contributed by atoms with van der Waals surface area (Å²) >= 11 is 5.79. The van der Waals surface area contributed by atoms with Crippen molar-refractivity contribution in [1.29, 1.82) is 0 Å². The van der Waals surface area contributed by atoms with E-state index in [4.69, 9.17) is 11.6 Å². The SMILES string of the molecule is CC(c1ccc(Cl)cc1)N(C)C(=O)CCOCC(F)(F)F. The van der Waals surface area contributed by atoms with Gasteiger partial charge in [-0.3, -0.25) is 4.79 Å². The zero-order chi connectivity index (χ0) is 16.0. The van der Waals surface area contributed by atoms with E-state index in [1.165, 1.54) is 4.90 Å². The lowest BCUT2D eigenvalue weighted by Crippen LogP contribution is -2.30. The fourth-order valence-corrected chi connectivity index (χ4v) is 1.83. The number of alkyl halides is 3. The van der Waals surface area contributed by atoms with Crippen molar-refractivity contribution in [2.75, 3.05) is 20.3 Å². The fourth-order valence-electron chi connectivity index (χ4n) is 1.70. The van der Waals surface area contributed by atoms with Gasteiger partial charge in [-0.05, 0) is 24.6 Å². The van der Waals surface area contributed by atoms with Crippen molar-refractivity contribution in [3.05, 3.63) is 34.9 Å². The zero-order valence-corrected chi connectivity index (χ0v) is 12.5. The molecule has 0 bridgehead atoms. The first-order valence-electron chi connectivity index (χ1n) is 6.36. The molecular weight excluding hydrogens is 307 g/mol. The second-order valence-electron chi connectivity index (χ2n) is 4.65. The van der Waals surface area contributed by atoms with Crippen LogP contribution in [-0.2, 0) is 9.53 Å². The van der Waals surface area contributed by atoms with Crippen molar-refractivity contribution in [2.24, 2.45) is 0 Å². The number of carbonyl (C=O) groups excluding carboxylic acids is 1. The van der Waals surface area contributed by atoms with Gasteiger partial charge in [0.05, 0.1) is 19.1 Å². The third-order valence-electron chi connectivity index (χ3n) is 3.05. The lowest BCUT2D eigenvalue weighted by Gasteiger charge is -2.25. The Balaban J connectivity index is 2.44. The van der Waals surface area contributed by atoms with Gasteiger partial charge in [0.15, 0.2) is 0 Å². The van der Waals surface area contributed by atoms with E-state index in [0.717, 1.165) is 5.56 Å². The molecule has 1 rings (SSSR count). The van der Waals surface area contributed by atoms with Crippen LogP contribution in [-0.4, -0.2) is 37.2 Å². The molecule has 0 aromatic heterocycles. The average Bonchev–Trinajstić information content (AvgIpc) is 2.41. The van der Waals surface area contributed by atoms with Gasteiger partial charge in [0.2, 0.25) is 5.91 Å². The topological polar surface area (TPSA) is 29.5 Å². The third-order valence-corrected chi connectivity index (χ3v) is 3.30. The highest BCUT2D eigenvalue weighted by Gasteiger charge is 2.27. The van der Waals surface area contributed by atoms with E-state index < -0.39 is 12.8 Å². The Morgan fingerprint density at radius 3 is 2.43 bits per heavy atom. The highest BCUT2D eigenvalue weighted by Crippen LogP contribution is 2.21. The van der Waals surface area contributed by atoms with Crippen molar-refractivity contribution >= 4 is 17.5 Å². The Hall–Kier alpha value is -1.27. The van der Waals surface area contributed by atoms with E-state index in [1.807, 2.05) is 6.92 Å². The minimum atomic E-state index is -4.37. The molecule has 118 valence electrons. The number of hydrogen-bond acceptors (Lipinski definition) is 2. The number of halogens is 4. The number of ether oxygens (including phenoxy) is 1. The summed E-state index contributed by atoms with van der Waals surface area (Å²) in [6, 6.07) is 6.85. The molecule has 3 nitrogen and oxygen atoms in total. The van der Waals surface area contributed by atoms with Crippen LogP contribution in [0.25, 0.3) is 0 Å². The summed E-state index contributed by atoms with van der Waals surface area (Å²) in [6.45, 7) is 0.241. The maximum Gasteiger partial charge on any atom is 0.411 e. The molecule has 1 unspecified atom stereocenters. The molecule has 0 heterocycles. The molecule has 21 heavy (non-hydrogen) atoms. The lowest BCUT2D eigenvalue weighted by atomic mass is 10.1. The van der Waals surface area contributed by atoms with Gasteiger partial charge in [-0.25, -0.2) is 0 Å².